The molecule has 1 aliphatic heterocycles. The van der Waals surface area contributed by atoms with E-state index in [0.29, 0.717) is 6.04 Å². The van der Waals surface area contributed by atoms with Crippen molar-refractivity contribution in [3.63, 3.8) is 0 Å². The van der Waals surface area contributed by atoms with Gasteiger partial charge in [-0.05, 0) is 110 Å². The molecule has 5 nitrogen and oxygen atoms in total. The number of hydrogen-bond donors (Lipinski definition) is 0. The van der Waals surface area contributed by atoms with Crippen molar-refractivity contribution < 1.29 is 0 Å². The number of rotatable bonds is 7. The van der Waals surface area contributed by atoms with Crippen LogP contribution in [0.1, 0.15) is 19.4 Å². The first kappa shape index (κ1) is 30.7. The Morgan fingerprint density at radius 3 is 2.14 bits per heavy atom. The quantitative estimate of drug-likeness (QED) is 0.170. The molecule has 8 aromatic rings. The lowest BCUT2D eigenvalue weighted by molar-refractivity contribution is 0.709. The van der Waals surface area contributed by atoms with Crippen molar-refractivity contribution in [2.24, 2.45) is 0 Å². The summed E-state index contributed by atoms with van der Waals surface area (Å²) < 4.78 is 2.32. The van der Waals surface area contributed by atoms with Crippen molar-refractivity contribution in [2.45, 2.75) is 26.8 Å². The Morgan fingerprint density at radius 1 is 0.588 bits per heavy atom. The molecule has 1 aliphatic rings. The summed E-state index contributed by atoms with van der Waals surface area (Å²) in [6.07, 6.45) is 1.93. The minimum atomic E-state index is 0.394. The lowest BCUT2D eigenvalue weighted by Crippen LogP contribution is -2.33. The highest BCUT2D eigenvalue weighted by atomic mass is 15.4. The molecule has 2 aromatic heterocycles. The lowest BCUT2D eigenvalue weighted by atomic mass is 10.0. The maximum atomic E-state index is 4.96. The zero-order valence-electron chi connectivity index (χ0n) is 29.1. The van der Waals surface area contributed by atoms with Gasteiger partial charge in [0.15, 0.2) is 0 Å². The summed E-state index contributed by atoms with van der Waals surface area (Å²) in [5, 5.41) is 2.40. The molecule has 0 aliphatic carbocycles. The van der Waals surface area contributed by atoms with Gasteiger partial charge in [-0.15, -0.1) is 0 Å². The molecule has 248 valence electrons. The molecule has 0 spiro atoms. The Labute approximate surface area is 299 Å². The van der Waals surface area contributed by atoms with Gasteiger partial charge in [0.1, 0.15) is 5.82 Å². The number of nitrogens with zero attached hydrogens (tertiary/aromatic N) is 5. The van der Waals surface area contributed by atoms with E-state index in [0.717, 1.165) is 51.8 Å². The number of pyridine rings is 1. The van der Waals surface area contributed by atoms with Crippen LogP contribution in [0.5, 0.6) is 0 Å². The van der Waals surface area contributed by atoms with Gasteiger partial charge >= 0.3 is 0 Å². The van der Waals surface area contributed by atoms with E-state index in [2.05, 4.69) is 198 Å². The predicted molar refractivity (Wildman–Crippen MR) is 214 cm³/mol. The van der Waals surface area contributed by atoms with E-state index in [1.807, 2.05) is 6.20 Å². The third kappa shape index (κ3) is 5.29. The van der Waals surface area contributed by atoms with Crippen molar-refractivity contribution in [2.75, 3.05) is 21.4 Å². The van der Waals surface area contributed by atoms with Gasteiger partial charge in [-0.25, -0.2) is 4.98 Å². The monoisotopic (exact) mass is 661 g/mol. The Kier molecular flexibility index (Phi) is 7.54. The summed E-state index contributed by atoms with van der Waals surface area (Å²) in [4.78, 5) is 12.2. The molecule has 0 radical (unpaired) electrons. The maximum Gasteiger partial charge on any atom is 0.138 e. The summed E-state index contributed by atoms with van der Waals surface area (Å²) in [7, 11) is 0. The zero-order valence-corrected chi connectivity index (χ0v) is 29.1. The van der Waals surface area contributed by atoms with Crippen LogP contribution in [0, 0.1) is 6.92 Å². The smallest absolute Gasteiger partial charge is 0.138 e. The second-order valence-corrected chi connectivity index (χ2v) is 13.6. The number of hydrogen-bond acceptors (Lipinski definition) is 4. The van der Waals surface area contributed by atoms with E-state index >= 15 is 0 Å². The Bertz CT molecular complexity index is 2530. The topological polar surface area (TPSA) is 27.5 Å². The number of anilines is 6. The highest BCUT2D eigenvalue weighted by Gasteiger charge is 2.28. The first-order valence-corrected chi connectivity index (χ1v) is 17.7. The fourth-order valence-corrected chi connectivity index (χ4v) is 7.68. The van der Waals surface area contributed by atoms with Gasteiger partial charge in [0.05, 0.1) is 29.1 Å². The Hall–Kier alpha value is -6.33. The van der Waals surface area contributed by atoms with Gasteiger partial charge in [0.25, 0.3) is 0 Å². The molecule has 0 unspecified atom stereocenters. The fraction of sp³-hybridized carbons (Fsp3) is 0.109. The van der Waals surface area contributed by atoms with E-state index in [1.54, 1.807) is 0 Å². The number of aryl methyl sites for hydroxylation is 1. The second kappa shape index (κ2) is 12.5. The van der Waals surface area contributed by atoms with Gasteiger partial charge in [-0.3, -0.25) is 4.57 Å². The number of aromatic nitrogens is 2. The van der Waals surface area contributed by atoms with Crippen LogP contribution in [0.2, 0.25) is 0 Å². The lowest BCUT2D eigenvalue weighted by Gasteiger charge is -2.28. The molecule has 5 heteroatoms. The van der Waals surface area contributed by atoms with Crippen LogP contribution in [0.25, 0.3) is 38.8 Å². The van der Waals surface area contributed by atoms with Crippen LogP contribution in [0.15, 0.2) is 164 Å². The molecular weight excluding hydrogens is 623 g/mol. The maximum absolute atomic E-state index is 4.96. The first-order valence-electron chi connectivity index (χ1n) is 17.7. The van der Waals surface area contributed by atoms with Crippen molar-refractivity contribution in [3.8, 4) is 16.9 Å². The summed E-state index contributed by atoms with van der Waals surface area (Å²) in [5.74, 6) is 0.898. The van der Waals surface area contributed by atoms with E-state index in [9.17, 15) is 0 Å². The standard InChI is InChI=1S/C46H39N5/c1-32(2)48-31-49(44-23-12-11-22-43(44)48)36-17-13-18-37(29-36)50(35-15-5-4-6-16-35)38-24-25-41-40-20-9-10-21-42(40)51(45(41)30-38)46-28-34(26-27-47-46)39-19-8-7-14-33(39)3/h4-30,32H,31H2,1-3H3. The molecule has 0 amide bonds. The normalized spacial score (nSPS) is 12.6. The van der Waals surface area contributed by atoms with Gasteiger partial charge < -0.3 is 14.7 Å². The summed E-state index contributed by atoms with van der Waals surface area (Å²) in [6, 6.07) is 57.1. The Balaban J connectivity index is 1.21. The third-order valence-corrected chi connectivity index (χ3v) is 10.2. The van der Waals surface area contributed by atoms with Crippen molar-refractivity contribution in [1.29, 1.82) is 0 Å². The first-order chi connectivity index (χ1) is 25.0. The van der Waals surface area contributed by atoms with Gasteiger partial charge in [0.2, 0.25) is 0 Å². The minimum Gasteiger partial charge on any atom is -0.349 e. The van der Waals surface area contributed by atoms with Crippen LogP contribution in [0.4, 0.5) is 34.1 Å². The highest BCUT2D eigenvalue weighted by Crippen LogP contribution is 2.44. The fourth-order valence-electron chi connectivity index (χ4n) is 7.68. The summed E-state index contributed by atoms with van der Waals surface area (Å²) >= 11 is 0. The van der Waals surface area contributed by atoms with Crippen LogP contribution in [0.3, 0.4) is 0 Å². The number of benzene rings is 6. The Morgan fingerprint density at radius 2 is 1.29 bits per heavy atom. The molecule has 9 rings (SSSR count). The predicted octanol–water partition coefficient (Wildman–Crippen LogP) is 11.9. The average Bonchev–Trinajstić information content (AvgIpc) is 3.72. The summed E-state index contributed by atoms with van der Waals surface area (Å²) in [5.41, 5.74) is 12.8. The van der Waals surface area contributed by atoms with Crippen molar-refractivity contribution >= 4 is 55.9 Å². The molecule has 0 bridgehead atoms. The van der Waals surface area contributed by atoms with E-state index in [1.165, 1.54) is 33.3 Å². The number of para-hydroxylation sites is 4. The van der Waals surface area contributed by atoms with Crippen molar-refractivity contribution in [3.05, 3.63) is 169 Å². The third-order valence-electron chi connectivity index (χ3n) is 10.2. The van der Waals surface area contributed by atoms with E-state index in [4.69, 9.17) is 4.98 Å². The average molecular weight is 662 g/mol. The van der Waals surface area contributed by atoms with E-state index in [-0.39, 0.29) is 0 Å². The largest absolute Gasteiger partial charge is 0.349 e. The minimum absolute atomic E-state index is 0.394. The number of fused-ring (bicyclic) bond motifs is 4. The molecule has 6 aromatic carbocycles. The van der Waals surface area contributed by atoms with Gasteiger partial charge in [-0.1, -0.05) is 84.9 Å². The molecule has 0 N–H and O–H groups in total. The van der Waals surface area contributed by atoms with Gasteiger partial charge in [0, 0.05) is 45.8 Å². The van der Waals surface area contributed by atoms with Crippen LogP contribution in [-0.4, -0.2) is 22.3 Å². The van der Waals surface area contributed by atoms with Crippen molar-refractivity contribution in [1.82, 2.24) is 9.55 Å². The van der Waals surface area contributed by atoms with Crippen LogP contribution >= 0.6 is 0 Å². The molecular formula is C46H39N5. The second-order valence-electron chi connectivity index (χ2n) is 13.6. The molecule has 3 heterocycles. The van der Waals surface area contributed by atoms with E-state index < -0.39 is 0 Å². The van der Waals surface area contributed by atoms with Crippen LogP contribution < -0.4 is 14.7 Å². The zero-order chi connectivity index (χ0) is 34.5. The molecule has 0 fully saturated rings. The van der Waals surface area contributed by atoms with Gasteiger partial charge in [-0.2, -0.15) is 0 Å². The molecule has 0 saturated carbocycles. The summed E-state index contributed by atoms with van der Waals surface area (Å²) in [6.45, 7) is 7.50. The molecule has 0 saturated heterocycles. The SMILES string of the molecule is Cc1ccccc1-c1ccnc(-n2c3ccccc3c3ccc(N(c4ccccc4)c4cccc(N5CN(C(C)C)c6ccccc65)c4)cc32)c1. The molecule has 0 atom stereocenters. The molecule has 51 heavy (non-hydrogen) atoms. The van der Waals surface area contributed by atoms with Crippen LogP contribution in [-0.2, 0) is 0 Å². The highest BCUT2D eigenvalue weighted by molar-refractivity contribution is 6.10.